The van der Waals surface area contributed by atoms with E-state index in [4.69, 9.17) is 5.11 Å². The molecule has 2 rings (SSSR count). The molecule has 1 aromatic carbocycles. The molecule has 1 aromatic rings. The van der Waals surface area contributed by atoms with Crippen LogP contribution in [0, 0.1) is 11.7 Å². The molecule has 1 N–H and O–H groups in total. The molecule has 1 heterocycles. The number of hydrogen-bond donors (Lipinski definition) is 1. The van der Waals surface area contributed by atoms with E-state index in [2.05, 4.69) is 15.9 Å². The molecule has 6 heteroatoms. The van der Waals surface area contributed by atoms with E-state index in [0.717, 1.165) is 0 Å². The molecular formula is C13H13BrFNO3. The van der Waals surface area contributed by atoms with Crippen LogP contribution in [-0.4, -0.2) is 35.0 Å². The Bertz CT molecular complexity index is 521. The number of halogens is 2. The molecule has 0 radical (unpaired) electrons. The van der Waals surface area contributed by atoms with E-state index in [1.165, 1.54) is 12.1 Å². The van der Waals surface area contributed by atoms with Gasteiger partial charge in [-0.1, -0.05) is 0 Å². The average Bonchev–Trinajstić information content (AvgIpc) is 2.79. The van der Waals surface area contributed by atoms with Crippen LogP contribution in [0.3, 0.4) is 0 Å². The van der Waals surface area contributed by atoms with Gasteiger partial charge in [-0.2, -0.15) is 0 Å². The zero-order valence-corrected chi connectivity index (χ0v) is 11.7. The third-order valence-corrected chi connectivity index (χ3v) is 3.85. The molecule has 0 aliphatic carbocycles. The number of carbonyl (C=O) groups is 2. The van der Waals surface area contributed by atoms with E-state index in [0.29, 0.717) is 24.0 Å². The maximum absolute atomic E-state index is 13.4. The first-order valence-electron chi connectivity index (χ1n) is 5.93. The highest BCUT2D eigenvalue weighted by Crippen LogP contribution is 2.23. The van der Waals surface area contributed by atoms with Crippen molar-refractivity contribution in [2.75, 3.05) is 13.1 Å². The summed E-state index contributed by atoms with van der Waals surface area (Å²) in [6, 6.07) is 4.24. The molecule has 19 heavy (non-hydrogen) atoms. The molecule has 0 bridgehead atoms. The van der Waals surface area contributed by atoms with Gasteiger partial charge in [0.2, 0.25) is 0 Å². The molecule has 1 unspecified atom stereocenters. The van der Waals surface area contributed by atoms with Crippen molar-refractivity contribution in [3.05, 3.63) is 34.1 Å². The number of hydrogen-bond acceptors (Lipinski definition) is 2. The Morgan fingerprint density at radius 2 is 2.21 bits per heavy atom. The average molecular weight is 330 g/mol. The van der Waals surface area contributed by atoms with E-state index in [1.54, 1.807) is 11.0 Å². The zero-order chi connectivity index (χ0) is 14.0. The highest BCUT2D eigenvalue weighted by atomic mass is 79.9. The van der Waals surface area contributed by atoms with Crippen molar-refractivity contribution < 1.29 is 19.1 Å². The zero-order valence-electron chi connectivity index (χ0n) is 10.1. The molecule has 0 saturated carbocycles. The predicted octanol–water partition coefficient (Wildman–Crippen LogP) is 2.53. The van der Waals surface area contributed by atoms with E-state index in [-0.39, 0.29) is 23.8 Å². The summed E-state index contributed by atoms with van der Waals surface area (Å²) in [6.45, 7) is 0.942. The van der Waals surface area contributed by atoms with Gasteiger partial charge in [-0.05, 0) is 46.5 Å². The third-order valence-electron chi connectivity index (χ3n) is 3.20. The number of carboxylic acid groups (broad SMARTS) is 1. The largest absolute Gasteiger partial charge is 0.481 e. The quantitative estimate of drug-likeness (QED) is 0.927. The number of nitrogens with zero attached hydrogens (tertiary/aromatic N) is 1. The SMILES string of the molecule is O=C(O)CC1CCN(C(=O)c2ccc(Br)c(F)c2)C1. The molecule has 1 fully saturated rings. The molecule has 0 spiro atoms. The van der Waals surface area contributed by atoms with Crippen LogP contribution in [0.15, 0.2) is 22.7 Å². The molecular weight excluding hydrogens is 317 g/mol. The molecule has 1 amide bonds. The Morgan fingerprint density at radius 3 is 2.84 bits per heavy atom. The second kappa shape index (κ2) is 5.69. The van der Waals surface area contributed by atoms with Crippen molar-refractivity contribution in [3.8, 4) is 0 Å². The Balaban J connectivity index is 2.04. The Labute approximate surface area is 118 Å². The summed E-state index contributed by atoms with van der Waals surface area (Å²) in [7, 11) is 0. The van der Waals surface area contributed by atoms with Gasteiger partial charge in [0.25, 0.3) is 5.91 Å². The monoisotopic (exact) mass is 329 g/mol. The molecule has 102 valence electrons. The number of carboxylic acids is 1. The fourth-order valence-corrected chi connectivity index (χ4v) is 2.49. The number of likely N-dealkylation sites (tertiary alicyclic amines) is 1. The Hall–Kier alpha value is -1.43. The number of amides is 1. The Kier molecular flexibility index (Phi) is 4.19. The molecule has 1 aliphatic heterocycles. The van der Waals surface area contributed by atoms with Gasteiger partial charge in [0.15, 0.2) is 0 Å². The first kappa shape index (κ1) is 14.0. The van der Waals surface area contributed by atoms with Gasteiger partial charge in [-0.15, -0.1) is 0 Å². The Morgan fingerprint density at radius 1 is 1.47 bits per heavy atom. The van der Waals surface area contributed by atoms with Gasteiger partial charge in [-0.3, -0.25) is 9.59 Å². The van der Waals surface area contributed by atoms with Crippen LogP contribution in [-0.2, 0) is 4.79 Å². The van der Waals surface area contributed by atoms with E-state index >= 15 is 0 Å². The second-order valence-corrected chi connectivity index (χ2v) is 5.49. The lowest BCUT2D eigenvalue weighted by Gasteiger charge is -2.16. The number of aliphatic carboxylic acids is 1. The van der Waals surface area contributed by atoms with Crippen molar-refractivity contribution in [1.29, 1.82) is 0 Å². The highest BCUT2D eigenvalue weighted by molar-refractivity contribution is 9.10. The lowest BCUT2D eigenvalue weighted by Crippen LogP contribution is -2.29. The standard InChI is InChI=1S/C13H13BrFNO3/c14-10-2-1-9(6-11(10)15)13(19)16-4-3-8(7-16)5-12(17)18/h1-2,6,8H,3-5,7H2,(H,17,18). The van der Waals surface area contributed by atoms with Crippen molar-refractivity contribution >= 4 is 27.8 Å². The maximum Gasteiger partial charge on any atom is 0.303 e. The summed E-state index contributed by atoms with van der Waals surface area (Å²) in [5, 5.41) is 8.72. The predicted molar refractivity (Wildman–Crippen MR) is 70.4 cm³/mol. The number of benzene rings is 1. The first-order valence-corrected chi connectivity index (χ1v) is 6.73. The normalized spacial score (nSPS) is 18.6. The van der Waals surface area contributed by atoms with E-state index in [9.17, 15) is 14.0 Å². The van der Waals surface area contributed by atoms with Crippen LogP contribution in [0.1, 0.15) is 23.2 Å². The van der Waals surface area contributed by atoms with Gasteiger partial charge >= 0.3 is 5.97 Å². The fraction of sp³-hybridized carbons (Fsp3) is 0.385. The van der Waals surface area contributed by atoms with Gasteiger partial charge < -0.3 is 10.0 Å². The van der Waals surface area contributed by atoms with Crippen LogP contribution in [0.2, 0.25) is 0 Å². The maximum atomic E-state index is 13.4. The highest BCUT2D eigenvalue weighted by Gasteiger charge is 2.28. The number of carbonyl (C=O) groups excluding carboxylic acids is 1. The molecule has 1 atom stereocenters. The first-order chi connectivity index (χ1) is 8.97. The lowest BCUT2D eigenvalue weighted by molar-refractivity contribution is -0.138. The minimum absolute atomic E-state index is 0.0123. The molecule has 0 aromatic heterocycles. The summed E-state index contributed by atoms with van der Waals surface area (Å²) in [5.74, 6) is -1.60. The lowest BCUT2D eigenvalue weighted by atomic mass is 10.1. The molecule has 1 saturated heterocycles. The van der Waals surface area contributed by atoms with Crippen LogP contribution in [0.25, 0.3) is 0 Å². The van der Waals surface area contributed by atoms with Crippen LogP contribution in [0.5, 0.6) is 0 Å². The number of rotatable bonds is 3. The molecule has 4 nitrogen and oxygen atoms in total. The van der Waals surface area contributed by atoms with Crippen molar-refractivity contribution in [2.45, 2.75) is 12.8 Å². The van der Waals surface area contributed by atoms with Crippen LogP contribution >= 0.6 is 15.9 Å². The topological polar surface area (TPSA) is 57.6 Å². The van der Waals surface area contributed by atoms with Crippen molar-refractivity contribution in [3.63, 3.8) is 0 Å². The summed E-state index contributed by atoms with van der Waals surface area (Å²) >= 11 is 3.03. The third kappa shape index (κ3) is 3.32. The van der Waals surface area contributed by atoms with Crippen molar-refractivity contribution in [1.82, 2.24) is 4.90 Å². The van der Waals surface area contributed by atoms with Crippen LogP contribution < -0.4 is 0 Å². The molecule has 1 aliphatic rings. The summed E-state index contributed by atoms with van der Waals surface area (Å²) in [6.07, 6.45) is 0.746. The van der Waals surface area contributed by atoms with Gasteiger partial charge in [0.05, 0.1) is 4.47 Å². The van der Waals surface area contributed by atoms with E-state index < -0.39 is 11.8 Å². The van der Waals surface area contributed by atoms with Crippen molar-refractivity contribution in [2.24, 2.45) is 5.92 Å². The summed E-state index contributed by atoms with van der Waals surface area (Å²) in [5.41, 5.74) is 0.289. The second-order valence-electron chi connectivity index (χ2n) is 4.63. The summed E-state index contributed by atoms with van der Waals surface area (Å²) < 4.78 is 13.7. The van der Waals surface area contributed by atoms with Gasteiger partial charge in [0, 0.05) is 25.1 Å². The van der Waals surface area contributed by atoms with Gasteiger partial charge in [0.1, 0.15) is 5.82 Å². The van der Waals surface area contributed by atoms with Crippen LogP contribution in [0.4, 0.5) is 4.39 Å². The van der Waals surface area contributed by atoms with E-state index in [1.807, 2.05) is 0 Å². The van der Waals surface area contributed by atoms with Gasteiger partial charge in [-0.25, -0.2) is 4.39 Å². The minimum atomic E-state index is -0.853. The smallest absolute Gasteiger partial charge is 0.303 e. The summed E-state index contributed by atoms with van der Waals surface area (Å²) in [4.78, 5) is 24.3. The fourth-order valence-electron chi connectivity index (χ4n) is 2.24. The minimum Gasteiger partial charge on any atom is -0.481 e.